The van der Waals surface area contributed by atoms with Gasteiger partial charge >= 0.3 is 0 Å². The number of aromatic nitrogens is 1. The van der Waals surface area contributed by atoms with E-state index in [0.29, 0.717) is 6.04 Å². The summed E-state index contributed by atoms with van der Waals surface area (Å²) in [6, 6.07) is 6.65. The quantitative estimate of drug-likeness (QED) is 0.848. The van der Waals surface area contributed by atoms with Gasteiger partial charge in [-0.25, -0.2) is 0 Å². The highest BCUT2D eigenvalue weighted by Gasteiger charge is 2.36. The van der Waals surface area contributed by atoms with Crippen LogP contribution in [0.2, 0.25) is 0 Å². The second-order valence-electron chi connectivity index (χ2n) is 7.28. The molecule has 0 saturated carbocycles. The molecule has 4 rings (SSSR count). The van der Waals surface area contributed by atoms with Crippen LogP contribution in [0.15, 0.2) is 30.5 Å². The molecule has 0 bridgehead atoms. The number of fused-ring (bicyclic) bond motifs is 2. The third-order valence-corrected chi connectivity index (χ3v) is 5.90. The van der Waals surface area contributed by atoms with Crippen molar-refractivity contribution in [2.24, 2.45) is 5.92 Å². The van der Waals surface area contributed by atoms with E-state index in [2.05, 4.69) is 47.0 Å². The van der Waals surface area contributed by atoms with E-state index < -0.39 is 0 Å². The van der Waals surface area contributed by atoms with Crippen LogP contribution >= 0.6 is 0 Å². The van der Waals surface area contributed by atoms with Crippen molar-refractivity contribution >= 4 is 22.4 Å². The molecule has 5 heteroatoms. The van der Waals surface area contributed by atoms with Gasteiger partial charge in [-0.1, -0.05) is 6.08 Å². The van der Waals surface area contributed by atoms with Crippen LogP contribution in [0.1, 0.15) is 19.4 Å². The van der Waals surface area contributed by atoms with Gasteiger partial charge in [0, 0.05) is 43.3 Å². The molecule has 138 valence electrons. The van der Waals surface area contributed by atoms with Gasteiger partial charge in [0.1, 0.15) is 5.75 Å². The monoisotopic (exact) mass is 353 g/mol. The average Bonchev–Trinajstić information content (AvgIpc) is 3.06. The zero-order valence-electron chi connectivity index (χ0n) is 16.0. The van der Waals surface area contributed by atoms with Gasteiger partial charge in [-0.2, -0.15) is 0 Å². The summed E-state index contributed by atoms with van der Waals surface area (Å²) in [6.07, 6.45) is 4.38. The predicted octanol–water partition coefficient (Wildman–Crippen LogP) is 2.85. The van der Waals surface area contributed by atoms with E-state index in [1.807, 2.05) is 18.7 Å². The fraction of sp³-hybridized carbons (Fsp3) is 0.476. The van der Waals surface area contributed by atoms with Crippen molar-refractivity contribution in [1.29, 1.82) is 0 Å². The standard InChI is InChI=1S/C21H27N3O2/c1-5-23(6-2)21(25)15-10-17-18-11-16(26-4)9-14-7-8-24(20(14)18)13-19(17)22(3)12-15/h7-11,15,19H,5-6,12-13H2,1-4H3/t15-,19-/m0/s1. The highest BCUT2D eigenvalue weighted by molar-refractivity contribution is 5.97. The largest absolute Gasteiger partial charge is 0.497 e. The van der Waals surface area contributed by atoms with E-state index in [4.69, 9.17) is 4.74 Å². The van der Waals surface area contributed by atoms with Crippen LogP contribution in [-0.4, -0.2) is 60.1 Å². The Hall–Kier alpha value is -2.27. The minimum Gasteiger partial charge on any atom is -0.497 e. The zero-order valence-corrected chi connectivity index (χ0v) is 16.0. The molecule has 0 spiro atoms. The van der Waals surface area contributed by atoms with Crippen molar-refractivity contribution in [2.45, 2.75) is 26.4 Å². The average molecular weight is 353 g/mol. The maximum atomic E-state index is 13.0. The number of nitrogens with zero attached hydrogens (tertiary/aromatic N) is 3. The van der Waals surface area contributed by atoms with Crippen molar-refractivity contribution in [2.75, 3.05) is 33.8 Å². The first-order valence-corrected chi connectivity index (χ1v) is 9.45. The van der Waals surface area contributed by atoms with E-state index in [9.17, 15) is 4.79 Å². The van der Waals surface area contributed by atoms with Crippen LogP contribution < -0.4 is 4.74 Å². The zero-order chi connectivity index (χ0) is 18.4. The van der Waals surface area contributed by atoms with Crippen molar-refractivity contribution < 1.29 is 9.53 Å². The summed E-state index contributed by atoms with van der Waals surface area (Å²) in [6.45, 7) is 7.30. The molecule has 1 aromatic heterocycles. The number of hydrogen-bond donors (Lipinski definition) is 0. The Labute approximate surface area is 154 Å². The van der Waals surface area contributed by atoms with Gasteiger partial charge in [0.15, 0.2) is 0 Å². The molecule has 2 atom stereocenters. The van der Waals surface area contributed by atoms with Crippen molar-refractivity contribution in [3.05, 3.63) is 36.0 Å². The number of amides is 1. The summed E-state index contributed by atoms with van der Waals surface area (Å²) in [4.78, 5) is 17.2. The molecule has 26 heavy (non-hydrogen) atoms. The maximum absolute atomic E-state index is 13.0. The van der Waals surface area contributed by atoms with Crippen LogP contribution in [0.4, 0.5) is 0 Å². The molecule has 2 aromatic rings. The maximum Gasteiger partial charge on any atom is 0.230 e. The lowest BCUT2D eigenvalue weighted by atomic mass is 9.85. The molecule has 0 unspecified atom stereocenters. The van der Waals surface area contributed by atoms with Gasteiger partial charge in [0.25, 0.3) is 0 Å². The molecule has 0 saturated heterocycles. The third kappa shape index (κ3) is 2.53. The van der Waals surface area contributed by atoms with Crippen molar-refractivity contribution in [1.82, 2.24) is 14.4 Å². The van der Waals surface area contributed by atoms with E-state index in [1.165, 1.54) is 22.0 Å². The normalized spacial score (nSPS) is 22.1. The Morgan fingerprint density at radius 2 is 2.04 bits per heavy atom. The molecule has 0 aliphatic carbocycles. The second kappa shape index (κ2) is 6.47. The van der Waals surface area contributed by atoms with E-state index >= 15 is 0 Å². The van der Waals surface area contributed by atoms with Crippen LogP contribution in [0.25, 0.3) is 16.5 Å². The minimum absolute atomic E-state index is 0.0890. The smallest absolute Gasteiger partial charge is 0.230 e. The van der Waals surface area contributed by atoms with Crippen LogP contribution in [-0.2, 0) is 11.3 Å². The lowest BCUT2D eigenvalue weighted by Crippen LogP contribution is -2.48. The number of likely N-dealkylation sites (N-methyl/N-ethyl adjacent to an activating group) is 1. The molecular formula is C21H27N3O2. The lowest BCUT2D eigenvalue weighted by molar-refractivity contribution is -0.134. The Morgan fingerprint density at radius 3 is 2.73 bits per heavy atom. The second-order valence-corrected chi connectivity index (χ2v) is 7.28. The Bertz CT molecular complexity index is 879. The number of carbonyl (C=O) groups is 1. The molecule has 0 N–H and O–H groups in total. The van der Waals surface area contributed by atoms with Crippen LogP contribution in [0.3, 0.4) is 0 Å². The van der Waals surface area contributed by atoms with Gasteiger partial charge < -0.3 is 14.2 Å². The van der Waals surface area contributed by atoms with Gasteiger partial charge in [-0.05, 0) is 44.7 Å². The molecule has 1 aromatic carbocycles. The topological polar surface area (TPSA) is 37.7 Å². The van der Waals surface area contributed by atoms with Gasteiger partial charge in [-0.15, -0.1) is 0 Å². The summed E-state index contributed by atoms with van der Waals surface area (Å²) < 4.78 is 7.86. The van der Waals surface area contributed by atoms with Gasteiger partial charge in [0.2, 0.25) is 5.91 Å². The summed E-state index contributed by atoms with van der Waals surface area (Å²) in [5.74, 6) is 1.01. The fourth-order valence-electron chi connectivity index (χ4n) is 4.48. The first-order chi connectivity index (χ1) is 12.6. The predicted molar refractivity (Wildman–Crippen MR) is 104 cm³/mol. The van der Waals surface area contributed by atoms with E-state index in [-0.39, 0.29) is 11.8 Å². The molecule has 0 fully saturated rings. The number of benzene rings is 1. The summed E-state index contributed by atoms with van der Waals surface area (Å²) in [5.41, 5.74) is 3.71. The SMILES string of the molecule is CCN(CC)C(=O)[C@H]1C=C2c3cc(OC)cc4ccn(c34)C[C@@H]2N(C)C1. The van der Waals surface area contributed by atoms with Crippen molar-refractivity contribution in [3.8, 4) is 5.75 Å². The molecule has 1 amide bonds. The minimum atomic E-state index is -0.0890. The Morgan fingerprint density at radius 1 is 1.27 bits per heavy atom. The summed E-state index contributed by atoms with van der Waals surface area (Å²) in [7, 11) is 3.84. The van der Waals surface area contributed by atoms with Crippen LogP contribution in [0, 0.1) is 5.92 Å². The lowest BCUT2D eigenvalue weighted by Gasteiger charge is -2.41. The fourth-order valence-corrected chi connectivity index (χ4v) is 4.48. The summed E-state index contributed by atoms with van der Waals surface area (Å²) >= 11 is 0. The molecule has 3 heterocycles. The van der Waals surface area contributed by atoms with Crippen molar-refractivity contribution in [3.63, 3.8) is 0 Å². The van der Waals surface area contributed by atoms with Crippen LogP contribution in [0.5, 0.6) is 5.75 Å². The third-order valence-electron chi connectivity index (χ3n) is 5.90. The number of ether oxygens (including phenoxy) is 1. The number of hydrogen-bond acceptors (Lipinski definition) is 3. The Kier molecular flexibility index (Phi) is 4.27. The van der Waals surface area contributed by atoms with Gasteiger partial charge in [0.05, 0.1) is 24.6 Å². The molecular weight excluding hydrogens is 326 g/mol. The first kappa shape index (κ1) is 17.2. The highest BCUT2D eigenvalue weighted by Crippen LogP contribution is 2.40. The molecule has 5 nitrogen and oxygen atoms in total. The molecule has 0 radical (unpaired) electrons. The Balaban J connectivity index is 1.84. The molecule has 2 aliphatic heterocycles. The highest BCUT2D eigenvalue weighted by atomic mass is 16.5. The van der Waals surface area contributed by atoms with Gasteiger partial charge in [-0.3, -0.25) is 9.69 Å². The summed E-state index contributed by atoms with van der Waals surface area (Å²) in [5, 5.41) is 1.19. The van der Waals surface area contributed by atoms with E-state index in [1.54, 1.807) is 7.11 Å². The number of carbonyl (C=O) groups excluding carboxylic acids is 1. The first-order valence-electron chi connectivity index (χ1n) is 9.45. The molecule has 2 aliphatic rings. The van der Waals surface area contributed by atoms with E-state index in [0.717, 1.165) is 31.9 Å². The number of methoxy groups -OCH3 is 1. The number of rotatable bonds is 4.